The number of aromatic nitrogens is 1. The monoisotopic (exact) mass is 119 g/mol. The number of rotatable bonds is 1. The van der Waals surface area contributed by atoms with Gasteiger partial charge in [-0.15, -0.1) is 0 Å². The maximum Gasteiger partial charge on any atom is 0.175 e. The summed E-state index contributed by atoms with van der Waals surface area (Å²) in [6, 6.07) is 3.33. The molecule has 1 aromatic rings. The standard InChI is InChI=1S/C6H6BNO/c1-4(9)5-2-3-6(7)8-5/h2-3,8H,1H3. The fraction of sp³-hybridized carbons (Fsp3) is 0.167. The van der Waals surface area contributed by atoms with Gasteiger partial charge in [-0.1, -0.05) is 6.07 Å². The van der Waals surface area contributed by atoms with Crippen LogP contribution in [0.3, 0.4) is 0 Å². The van der Waals surface area contributed by atoms with Gasteiger partial charge < -0.3 is 4.98 Å². The van der Waals surface area contributed by atoms with Crippen molar-refractivity contribution in [2.45, 2.75) is 6.92 Å². The van der Waals surface area contributed by atoms with Crippen LogP contribution in [-0.2, 0) is 0 Å². The van der Waals surface area contributed by atoms with Crippen LogP contribution < -0.4 is 5.59 Å². The van der Waals surface area contributed by atoms with Crippen LogP contribution in [0.1, 0.15) is 17.4 Å². The first-order valence-corrected chi connectivity index (χ1v) is 2.65. The summed E-state index contributed by atoms with van der Waals surface area (Å²) in [5.41, 5.74) is 1.09. The molecule has 0 aliphatic rings. The number of carbonyl (C=O) groups excluding carboxylic acids is 1. The predicted octanol–water partition coefficient (Wildman–Crippen LogP) is 0.0111. The highest BCUT2D eigenvalue weighted by atomic mass is 16.1. The van der Waals surface area contributed by atoms with Crippen molar-refractivity contribution in [1.29, 1.82) is 0 Å². The Morgan fingerprint density at radius 1 is 1.67 bits per heavy atom. The highest BCUT2D eigenvalue weighted by Gasteiger charge is 1.97. The fourth-order valence-electron chi connectivity index (χ4n) is 0.617. The van der Waals surface area contributed by atoms with E-state index < -0.39 is 0 Å². The van der Waals surface area contributed by atoms with E-state index in [1.54, 1.807) is 12.1 Å². The van der Waals surface area contributed by atoms with Gasteiger partial charge in [-0.05, 0) is 11.7 Å². The Hall–Kier alpha value is -0.985. The molecule has 0 saturated heterocycles. The first-order valence-electron chi connectivity index (χ1n) is 2.65. The molecule has 2 nitrogen and oxygen atoms in total. The lowest BCUT2D eigenvalue weighted by molar-refractivity contribution is 0.101. The van der Waals surface area contributed by atoms with Gasteiger partial charge in [-0.3, -0.25) is 4.79 Å². The second-order valence-corrected chi connectivity index (χ2v) is 1.88. The van der Waals surface area contributed by atoms with Gasteiger partial charge in [0.1, 0.15) is 7.85 Å². The highest BCUT2D eigenvalue weighted by Crippen LogP contribution is 1.91. The van der Waals surface area contributed by atoms with Crippen LogP contribution in [0.5, 0.6) is 0 Å². The van der Waals surface area contributed by atoms with Gasteiger partial charge in [-0.2, -0.15) is 0 Å². The Labute approximate surface area is 54.7 Å². The lowest BCUT2D eigenvalue weighted by Crippen LogP contribution is -2.03. The molecular formula is C6H6BNO. The lowest BCUT2D eigenvalue weighted by atomic mass is 10.1. The molecule has 0 aliphatic heterocycles. The van der Waals surface area contributed by atoms with E-state index in [9.17, 15) is 4.79 Å². The molecule has 0 saturated carbocycles. The molecular weight excluding hydrogens is 113 g/mol. The molecule has 0 unspecified atom stereocenters. The minimum Gasteiger partial charge on any atom is -0.366 e. The molecule has 9 heavy (non-hydrogen) atoms. The summed E-state index contributed by atoms with van der Waals surface area (Å²) in [6.45, 7) is 1.49. The van der Waals surface area contributed by atoms with Crippen molar-refractivity contribution >= 4 is 19.2 Å². The van der Waals surface area contributed by atoms with E-state index in [4.69, 9.17) is 7.85 Å². The van der Waals surface area contributed by atoms with Gasteiger partial charge in [0.2, 0.25) is 0 Å². The second kappa shape index (κ2) is 2.09. The number of aromatic amines is 1. The van der Waals surface area contributed by atoms with Crippen molar-refractivity contribution in [3.8, 4) is 0 Å². The van der Waals surface area contributed by atoms with E-state index >= 15 is 0 Å². The Morgan fingerprint density at radius 3 is 2.56 bits per heavy atom. The molecule has 0 spiro atoms. The SMILES string of the molecule is [B]c1ccc(C(C)=O)[nH]1. The Bertz CT molecular complexity index is 229. The molecule has 0 aliphatic carbocycles. The summed E-state index contributed by atoms with van der Waals surface area (Å²) in [5.74, 6) is 0.00620. The zero-order valence-electron chi connectivity index (χ0n) is 5.14. The molecule has 0 atom stereocenters. The average molecular weight is 119 g/mol. The molecule has 1 aromatic heterocycles. The quantitative estimate of drug-likeness (QED) is 0.410. The van der Waals surface area contributed by atoms with Crippen molar-refractivity contribution in [3.63, 3.8) is 0 Å². The zero-order chi connectivity index (χ0) is 6.85. The van der Waals surface area contributed by atoms with E-state index in [1.807, 2.05) is 0 Å². The first-order chi connectivity index (χ1) is 4.20. The summed E-state index contributed by atoms with van der Waals surface area (Å²) >= 11 is 0. The number of hydrogen-bond donors (Lipinski definition) is 1. The largest absolute Gasteiger partial charge is 0.366 e. The van der Waals surface area contributed by atoms with E-state index in [0.717, 1.165) is 0 Å². The Balaban J connectivity index is 2.98. The summed E-state index contributed by atoms with van der Waals surface area (Å²) in [6.07, 6.45) is 0. The van der Waals surface area contributed by atoms with Crippen molar-refractivity contribution in [2.24, 2.45) is 0 Å². The maximum atomic E-state index is 10.6. The van der Waals surface area contributed by atoms with Crippen LogP contribution in [0.2, 0.25) is 0 Å². The number of H-pyrrole nitrogens is 1. The maximum absolute atomic E-state index is 10.6. The van der Waals surface area contributed by atoms with Crippen LogP contribution in [-0.4, -0.2) is 18.6 Å². The van der Waals surface area contributed by atoms with E-state index in [-0.39, 0.29) is 5.78 Å². The third-order valence-corrected chi connectivity index (χ3v) is 1.09. The second-order valence-electron chi connectivity index (χ2n) is 1.88. The normalized spacial score (nSPS) is 9.44. The van der Waals surface area contributed by atoms with Crippen molar-refractivity contribution in [1.82, 2.24) is 4.98 Å². The summed E-state index contributed by atoms with van der Waals surface area (Å²) < 4.78 is 0. The molecule has 0 amide bonds. The van der Waals surface area contributed by atoms with Crippen LogP contribution in [0.15, 0.2) is 12.1 Å². The molecule has 44 valence electrons. The number of nitrogens with one attached hydrogen (secondary N) is 1. The van der Waals surface area contributed by atoms with E-state index in [0.29, 0.717) is 11.3 Å². The summed E-state index contributed by atoms with van der Waals surface area (Å²) in [5, 5.41) is 0. The average Bonchev–Trinajstić information content (AvgIpc) is 2.14. The Kier molecular flexibility index (Phi) is 1.43. The molecule has 3 heteroatoms. The number of carbonyl (C=O) groups is 1. The topological polar surface area (TPSA) is 32.9 Å². The molecule has 1 N–H and O–H groups in total. The van der Waals surface area contributed by atoms with E-state index in [1.165, 1.54) is 6.92 Å². The Morgan fingerprint density at radius 2 is 2.33 bits per heavy atom. The van der Waals surface area contributed by atoms with Gasteiger partial charge >= 0.3 is 0 Å². The fourth-order valence-corrected chi connectivity index (χ4v) is 0.617. The van der Waals surface area contributed by atoms with Gasteiger partial charge in [-0.25, -0.2) is 0 Å². The minimum absolute atomic E-state index is 0.00620. The van der Waals surface area contributed by atoms with Gasteiger partial charge in [0, 0.05) is 6.92 Å². The zero-order valence-corrected chi connectivity index (χ0v) is 5.14. The predicted molar refractivity (Wildman–Crippen MR) is 36.2 cm³/mol. The van der Waals surface area contributed by atoms with Crippen LogP contribution in [0.25, 0.3) is 0 Å². The highest BCUT2D eigenvalue weighted by molar-refractivity contribution is 6.31. The minimum atomic E-state index is 0.00620. The molecule has 1 rings (SSSR count). The van der Waals surface area contributed by atoms with Crippen molar-refractivity contribution in [3.05, 3.63) is 17.8 Å². The first kappa shape index (κ1) is 6.14. The molecule has 0 aromatic carbocycles. The van der Waals surface area contributed by atoms with Crippen LogP contribution >= 0.6 is 0 Å². The number of hydrogen-bond acceptors (Lipinski definition) is 1. The van der Waals surface area contributed by atoms with Gasteiger partial charge in [0.15, 0.2) is 5.78 Å². The van der Waals surface area contributed by atoms with Crippen LogP contribution in [0, 0.1) is 0 Å². The third kappa shape index (κ3) is 1.22. The van der Waals surface area contributed by atoms with Crippen molar-refractivity contribution in [2.75, 3.05) is 0 Å². The van der Waals surface area contributed by atoms with Gasteiger partial charge in [0.05, 0.1) is 5.69 Å². The molecule has 0 bridgehead atoms. The lowest BCUT2D eigenvalue weighted by Gasteiger charge is -1.84. The van der Waals surface area contributed by atoms with Crippen LogP contribution in [0.4, 0.5) is 0 Å². The summed E-state index contributed by atoms with van der Waals surface area (Å²) in [7, 11) is 5.31. The van der Waals surface area contributed by atoms with E-state index in [2.05, 4.69) is 4.98 Å². The summed E-state index contributed by atoms with van der Waals surface area (Å²) in [4.78, 5) is 13.3. The third-order valence-electron chi connectivity index (χ3n) is 1.09. The molecule has 1 heterocycles. The van der Waals surface area contributed by atoms with Gasteiger partial charge in [0.25, 0.3) is 0 Å². The number of Topliss-reactive ketones (excluding diaryl/α,β-unsaturated/α-hetero) is 1. The smallest absolute Gasteiger partial charge is 0.175 e. The molecule has 2 radical (unpaired) electrons. The number of ketones is 1. The van der Waals surface area contributed by atoms with Crippen molar-refractivity contribution < 1.29 is 4.79 Å². The molecule has 0 fully saturated rings.